The summed E-state index contributed by atoms with van der Waals surface area (Å²) in [6.07, 6.45) is 3.75. The van der Waals surface area contributed by atoms with Crippen LogP contribution in [-0.2, 0) is 13.6 Å². The average Bonchev–Trinajstić information content (AvgIpc) is 2.73. The van der Waals surface area contributed by atoms with Crippen LogP contribution >= 0.6 is 11.6 Å². The highest BCUT2D eigenvalue weighted by molar-refractivity contribution is 6.32. The lowest BCUT2D eigenvalue weighted by molar-refractivity contribution is 0.767. The Kier molecular flexibility index (Phi) is 3.31. The zero-order chi connectivity index (χ0) is 12.3. The van der Waals surface area contributed by atoms with Crippen LogP contribution in [0.15, 0.2) is 30.6 Å². The number of rotatable bonds is 3. The monoisotopic (exact) mass is 246 g/mol. The van der Waals surface area contributed by atoms with Gasteiger partial charge >= 0.3 is 0 Å². The summed E-state index contributed by atoms with van der Waals surface area (Å²) < 4.78 is 1.75. The van der Waals surface area contributed by atoms with Gasteiger partial charge in [-0.1, -0.05) is 11.6 Å². The molecule has 0 spiro atoms. The topological polar surface area (TPSA) is 53.6 Å². The van der Waals surface area contributed by atoms with Gasteiger partial charge in [-0.2, -0.15) is 10.4 Å². The van der Waals surface area contributed by atoms with Gasteiger partial charge in [0.25, 0.3) is 0 Å². The van der Waals surface area contributed by atoms with Gasteiger partial charge in [-0.05, 0) is 18.2 Å². The number of nitrogens with one attached hydrogen (secondary N) is 1. The van der Waals surface area contributed by atoms with Crippen molar-refractivity contribution in [1.29, 1.82) is 5.26 Å². The molecule has 86 valence electrons. The third-order valence-electron chi connectivity index (χ3n) is 2.34. The van der Waals surface area contributed by atoms with E-state index < -0.39 is 0 Å². The number of hydrogen-bond acceptors (Lipinski definition) is 3. The Morgan fingerprint density at radius 3 is 2.94 bits per heavy atom. The molecule has 0 amide bonds. The number of halogens is 1. The summed E-state index contributed by atoms with van der Waals surface area (Å²) in [5, 5.41) is 16.5. The zero-order valence-electron chi connectivity index (χ0n) is 9.31. The van der Waals surface area contributed by atoms with Crippen LogP contribution in [0.4, 0.5) is 5.69 Å². The van der Waals surface area contributed by atoms with Gasteiger partial charge in [0, 0.05) is 31.0 Å². The fourth-order valence-electron chi connectivity index (χ4n) is 1.48. The molecule has 1 aromatic heterocycles. The predicted octanol–water partition coefficient (Wildman–Crippen LogP) is 2.56. The molecule has 0 aliphatic carbocycles. The number of hydrogen-bond donors (Lipinski definition) is 1. The first-order chi connectivity index (χ1) is 8.19. The smallest absolute Gasteiger partial charge is 0.101 e. The van der Waals surface area contributed by atoms with Crippen molar-refractivity contribution in [1.82, 2.24) is 9.78 Å². The van der Waals surface area contributed by atoms with Crippen LogP contribution in [0, 0.1) is 11.3 Å². The number of aromatic nitrogens is 2. The normalized spacial score (nSPS) is 9.94. The molecule has 17 heavy (non-hydrogen) atoms. The van der Waals surface area contributed by atoms with Crippen LogP contribution in [0.1, 0.15) is 11.1 Å². The Morgan fingerprint density at radius 1 is 1.53 bits per heavy atom. The minimum absolute atomic E-state index is 0.462. The van der Waals surface area contributed by atoms with E-state index in [0.29, 0.717) is 17.1 Å². The third-order valence-corrected chi connectivity index (χ3v) is 2.66. The molecule has 1 aromatic carbocycles. The number of nitriles is 1. The molecule has 5 heteroatoms. The third kappa shape index (κ3) is 2.77. The van der Waals surface area contributed by atoms with Gasteiger partial charge in [-0.3, -0.25) is 4.68 Å². The molecule has 2 aromatic rings. The summed E-state index contributed by atoms with van der Waals surface area (Å²) in [6, 6.07) is 7.31. The summed E-state index contributed by atoms with van der Waals surface area (Å²) in [6.45, 7) is 0.677. The highest BCUT2D eigenvalue weighted by Crippen LogP contribution is 2.20. The maximum Gasteiger partial charge on any atom is 0.101 e. The van der Waals surface area contributed by atoms with Gasteiger partial charge in [-0.25, -0.2) is 0 Å². The highest BCUT2D eigenvalue weighted by Gasteiger charge is 2.01. The molecule has 1 heterocycles. The molecule has 0 fully saturated rings. The molecule has 0 saturated carbocycles. The van der Waals surface area contributed by atoms with E-state index in [9.17, 15) is 0 Å². The van der Waals surface area contributed by atoms with E-state index in [2.05, 4.69) is 10.4 Å². The van der Waals surface area contributed by atoms with Gasteiger partial charge in [0.05, 0.1) is 16.8 Å². The Bertz CT molecular complexity index is 568. The molecule has 0 radical (unpaired) electrons. The van der Waals surface area contributed by atoms with Crippen molar-refractivity contribution in [2.75, 3.05) is 5.32 Å². The predicted molar refractivity (Wildman–Crippen MR) is 66.7 cm³/mol. The van der Waals surface area contributed by atoms with Crippen molar-refractivity contribution >= 4 is 17.3 Å². The fourth-order valence-corrected chi connectivity index (χ4v) is 1.71. The molecule has 0 unspecified atom stereocenters. The van der Waals surface area contributed by atoms with E-state index >= 15 is 0 Å². The van der Waals surface area contributed by atoms with E-state index in [0.717, 1.165) is 11.3 Å². The molecule has 0 aliphatic rings. The fraction of sp³-hybridized carbons (Fsp3) is 0.167. The van der Waals surface area contributed by atoms with Crippen molar-refractivity contribution in [3.8, 4) is 6.07 Å². The maximum absolute atomic E-state index is 8.75. The molecule has 4 nitrogen and oxygen atoms in total. The van der Waals surface area contributed by atoms with Crippen LogP contribution in [0.3, 0.4) is 0 Å². The molecular weight excluding hydrogens is 236 g/mol. The van der Waals surface area contributed by atoms with E-state index in [1.54, 1.807) is 23.0 Å². The first-order valence-corrected chi connectivity index (χ1v) is 5.48. The summed E-state index contributed by atoms with van der Waals surface area (Å²) in [4.78, 5) is 0. The largest absolute Gasteiger partial charge is 0.381 e. The Labute approximate surface area is 104 Å². The minimum atomic E-state index is 0.462. The first-order valence-electron chi connectivity index (χ1n) is 5.10. The van der Waals surface area contributed by atoms with Gasteiger partial charge in [-0.15, -0.1) is 0 Å². The second-order valence-corrected chi connectivity index (χ2v) is 4.09. The minimum Gasteiger partial charge on any atom is -0.381 e. The van der Waals surface area contributed by atoms with Crippen LogP contribution < -0.4 is 5.32 Å². The standard InChI is InChI=1S/C12H11ClN4/c1-17-8-9(7-16-17)6-15-11-3-2-10(5-14)12(13)4-11/h2-4,7-8,15H,6H2,1H3. The summed E-state index contributed by atoms with van der Waals surface area (Å²) in [5.41, 5.74) is 2.46. The molecule has 0 saturated heterocycles. The van der Waals surface area contributed by atoms with E-state index in [1.165, 1.54) is 0 Å². The number of benzene rings is 1. The van der Waals surface area contributed by atoms with Crippen LogP contribution in [0.25, 0.3) is 0 Å². The molecule has 2 rings (SSSR count). The first kappa shape index (κ1) is 11.5. The lowest BCUT2D eigenvalue weighted by atomic mass is 10.2. The summed E-state index contributed by atoms with van der Waals surface area (Å²) in [7, 11) is 1.88. The van der Waals surface area contributed by atoms with E-state index in [1.807, 2.05) is 25.4 Å². The summed E-state index contributed by atoms with van der Waals surface area (Å²) in [5.74, 6) is 0. The van der Waals surface area contributed by atoms with Crippen molar-refractivity contribution < 1.29 is 0 Å². The van der Waals surface area contributed by atoms with Gasteiger partial charge < -0.3 is 5.32 Å². The Hall–Kier alpha value is -1.99. The lowest BCUT2D eigenvalue weighted by Crippen LogP contribution is -1.98. The SMILES string of the molecule is Cn1cc(CNc2ccc(C#N)c(Cl)c2)cn1. The quantitative estimate of drug-likeness (QED) is 0.906. The number of aryl methyl sites for hydroxylation is 1. The number of anilines is 1. The van der Waals surface area contributed by atoms with Gasteiger partial charge in [0.1, 0.15) is 6.07 Å². The average molecular weight is 247 g/mol. The summed E-state index contributed by atoms with van der Waals surface area (Å²) >= 11 is 5.94. The van der Waals surface area contributed by atoms with E-state index in [4.69, 9.17) is 16.9 Å². The lowest BCUT2D eigenvalue weighted by Gasteiger charge is -2.05. The molecule has 1 N–H and O–H groups in total. The molecule has 0 atom stereocenters. The Balaban J connectivity index is 2.05. The van der Waals surface area contributed by atoms with Gasteiger partial charge in [0.2, 0.25) is 0 Å². The second-order valence-electron chi connectivity index (χ2n) is 3.68. The number of nitrogens with zero attached hydrogens (tertiary/aromatic N) is 3. The maximum atomic E-state index is 8.75. The van der Waals surface area contributed by atoms with Crippen molar-refractivity contribution in [3.63, 3.8) is 0 Å². The molecule has 0 aliphatic heterocycles. The van der Waals surface area contributed by atoms with Crippen LogP contribution in [0.2, 0.25) is 5.02 Å². The van der Waals surface area contributed by atoms with Crippen molar-refractivity contribution in [2.24, 2.45) is 7.05 Å². The zero-order valence-corrected chi connectivity index (χ0v) is 10.1. The molecule has 0 bridgehead atoms. The van der Waals surface area contributed by atoms with Crippen molar-refractivity contribution in [3.05, 3.63) is 46.7 Å². The van der Waals surface area contributed by atoms with Crippen molar-refractivity contribution in [2.45, 2.75) is 6.54 Å². The Morgan fingerprint density at radius 2 is 2.35 bits per heavy atom. The van der Waals surface area contributed by atoms with Crippen LogP contribution in [0.5, 0.6) is 0 Å². The van der Waals surface area contributed by atoms with Crippen LogP contribution in [-0.4, -0.2) is 9.78 Å². The highest BCUT2D eigenvalue weighted by atomic mass is 35.5. The van der Waals surface area contributed by atoms with E-state index in [-0.39, 0.29) is 0 Å². The molecular formula is C12H11ClN4. The van der Waals surface area contributed by atoms with Gasteiger partial charge in [0.15, 0.2) is 0 Å². The second kappa shape index (κ2) is 4.89.